The second kappa shape index (κ2) is 9.64. The van der Waals surface area contributed by atoms with Crippen molar-refractivity contribution in [2.45, 2.75) is 96.9 Å². The number of nitrogens with two attached hydrogens (primary N) is 1. The molecular formula is C27H38N6O6. The summed E-state index contributed by atoms with van der Waals surface area (Å²) in [5, 5.41) is 17.6. The Morgan fingerprint density at radius 1 is 1.26 bits per heavy atom. The van der Waals surface area contributed by atoms with E-state index in [0.717, 1.165) is 0 Å². The molecule has 1 aliphatic heterocycles. The fourth-order valence-electron chi connectivity index (χ4n) is 5.35. The molecule has 5 atom stereocenters. The van der Waals surface area contributed by atoms with Crippen LogP contribution >= 0.6 is 0 Å². The highest BCUT2D eigenvalue weighted by Gasteiger charge is 2.64. The van der Waals surface area contributed by atoms with Gasteiger partial charge in [-0.2, -0.15) is 10.4 Å². The third-order valence-electron chi connectivity index (χ3n) is 7.00. The molecule has 1 aliphatic carbocycles. The van der Waals surface area contributed by atoms with Crippen LogP contribution in [-0.2, 0) is 29.2 Å². The lowest BCUT2D eigenvalue weighted by atomic mass is 9.81. The molecule has 2 aliphatic rings. The van der Waals surface area contributed by atoms with Crippen LogP contribution in [0.2, 0.25) is 0 Å². The Labute approximate surface area is 228 Å². The zero-order valence-electron chi connectivity index (χ0n) is 23.8. The van der Waals surface area contributed by atoms with Crippen molar-refractivity contribution in [2.24, 2.45) is 11.3 Å². The van der Waals surface area contributed by atoms with Crippen molar-refractivity contribution >= 4 is 23.4 Å². The van der Waals surface area contributed by atoms with Crippen molar-refractivity contribution in [1.29, 1.82) is 5.26 Å². The predicted octanol–water partition coefficient (Wildman–Crippen LogP) is 3.10. The first kappa shape index (κ1) is 28.6. The van der Waals surface area contributed by atoms with E-state index in [-0.39, 0.29) is 18.9 Å². The highest BCUT2D eigenvalue weighted by Crippen LogP contribution is 2.53. The maximum absolute atomic E-state index is 13.3. The highest BCUT2D eigenvalue weighted by molar-refractivity contribution is 5.82. The monoisotopic (exact) mass is 542 g/mol. The van der Waals surface area contributed by atoms with Gasteiger partial charge in [-0.3, -0.25) is 0 Å². The van der Waals surface area contributed by atoms with E-state index in [1.807, 2.05) is 20.8 Å². The topological polar surface area (TPSA) is 163 Å². The number of ether oxygens (including phenoxy) is 4. The number of hydrogen-bond acceptors (Lipinski definition) is 10. The van der Waals surface area contributed by atoms with Gasteiger partial charge in [0.2, 0.25) is 0 Å². The van der Waals surface area contributed by atoms with Gasteiger partial charge in [0.1, 0.15) is 35.0 Å². The lowest BCUT2D eigenvalue weighted by Gasteiger charge is -2.31. The fourth-order valence-corrected chi connectivity index (χ4v) is 5.35. The van der Waals surface area contributed by atoms with E-state index in [1.165, 1.54) is 6.33 Å². The minimum Gasteiger partial charge on any atom is -0.464 e. The van der Waals surface area contributed by atoms with Crippen molar-refractivity contribution in [3.63, 3.8) is 0 Å². The average Bonchev–Trinajstić information content (AvgIpc) is 3.45. The van der Waals surface area contributed by atoms with Crippen molar-refractivity contribution in [1.82, 2.24) is 19.9 Å². The molecule has 2 aromatic heterocycles. The molecule has 12 nitrogen and oxygen atoms in total. The number of anilines is 1. The molecular weight excluding hydrogens is 504 g/mol. The van der Waals surface area contributed by atoms with Crippen molar-refractivity contribution in [3.8, 4) is 6.07 Å². The number of nitrogen functional groups attached to an aromatic ring is 1. The van der Waals surface area contributed by atoms with E-state index in [0.29, 0.717) is 17.0 Å². The Balaban J connectivity index is 1.59. The molecule has 0 bridgehead atoms. The summed E-state index contributed by atoms with van der Waals surface area (Å²) in [6, 6.07) is 5.07. The average molecular weight is 543 g/mol. The zero-order chi connectivity index (χ0) is 29.0. The lowest BCUT2D eigenvalue weighted by Crippen LogP contribution is -2.51. The number of nitriles is 1. The molecule has 4 rings (SSSR count). The number of alkyl carbamates (subject to hydrolysis) is 1. The number of carbonyl (C=O) groups excluding carboxylic acids is 2. The summed E-state index contributed by atoms with van der Waals surface area (Å²) >= 11 is 0. The molecule has 12 heteroatoms. The van der Waals surface area contributed by atoms with Crippen LogP contribution in [0, 0.1) is 22.7 Å². The summed E-state index contributed by atoms with van der Waals surface area (Å²) in [6.07, 6.45) is -0.252. The van der Waals surface area contributed by atoms with Gasteiger partial charge in [0.15, 0.2) is 11.6 Å². The van der Waals surface area contributed by atoms with Gasteiger partial charge in [0, 0.05) is 5.92 Å². The largest absolute Gasteiger partial charge is 0.464 e. The van der Waals surface area contributed by atoms with Crippen molar-refractivity contribution < 1.29 is 28.5 Å². The van der Waals surface area contributed by atoms with Gasteiger partial charge in [-0.25, -0.2) is 19.1 Å². The van der Waals surface area contributed by atoms with E-state index >= 15 is 0 Å². The standard InChI is InChI=1S/C27H38N6O6/c1-24(2,3)19(32-23(35)39-25(4,5)6)22(34)36-12-15-11-27(13-28,20-18(15)37-26(7,8)38-20)17-10-9-16-21(29)30-14-31-33(16)17/h9-10,14-15,18-20H,11-12H2,1-8H3,(H,32,35)(H2,29,30,31)/t15-,18-,19+,20-,27-/m1/s1. The Hall–Kier alpha value is -3.43. The summed E-state index contributed by atoms with van der Waals surface area (Å²) in [5.74, 6) is -1.63. The number of fused-ring (bicyclic) bond motifs is 2. The van der Waals surface area contributed by atoms with Crippen LogP contribution in [0.3, 0.4) is 0 Å². The second-order valence-corrected chi connectivity index (χ2v) is 12.8. The smallest absolute Gasteiger partial charge is 0.408 e. The molecule has 3 N–H and O–H groups in total. The number of aromatic nitrogens is 3. The Morgan fingerprint density at radius 2 is 1.95 bits per heavy atom. The third-order valence-corrected chi connectivity index (χ3v) is 7.00. The summed E-state index contributed by atoms with van der Waals surface area (Å²) in [7, 11) is 0. The second-order valence-electron chi connectivity index (χ2n) is 12.8. The predicted molar refractivity (Wildman–Crippen MR) is 140 cm³/mol. The van der Waals surface area contributed by atoms with Gasteiger partial charge in [-0.1, -0.05) is 20.8 Å². The summed E-state index contributed by atoms with van der Waals surface area (Å²) in [4.78, 5) is 29.8. The number of amides is 1. The number of rotatable bonds is 5. The van der Waals surface area contributed by atoms with Gasteiger partial charge in [-0.05, 0) is 58.6 Å². The van der Waals surface area contributed by atoms with Crippen LogP contribution < -0.4 is 11.1 Å². The van der Waals surface area contributed by atoms with Gasteiger partial charge in [0.25, 0.3) is 0 Å². The van der Waals surface area contributed by atoms with E-state index in [4.69, 9.17) is 24.7 Å². The van der Waals surface area contributed by atoms with Crippen LogP contribution in [0.5, 0.6) is 0 Å². The first-order chi connectivity index (χ1) is 18.0. The Bertz CT molecular complexity index is 1300. The molecule has 1 saturated heterocycles. The van der Waals surface area contributed by atoms with Gasteiger partial charge in [0.05, 0.1) is 24.5 Å². The first-order valence-electron chi connectivity index (χ1n) is 13.0. The maximum atomic E-state index is 13.3. The van der Waals surface area contributed by atoms with Crippen molar-refractivity contribution in [3.05, 3.63) is 24.2 Å². The molecule has 0 unspecified atom stereocenters. The van der Waals surface area contributed by atoms with Crippen molar-refractivity contribution in [2.75, 3.05) is 12.3 Å². The third kappa shape index (κ3) is 5.51. The molecule has 39 heavy (non-hydrogen) atoms. The number of hydrogen-bond donors (Lipinski definition) is 2. The Morgan fingerprint density at radius 3 is 2.56 bits per heavy atom. The number of nitrogens with one attached hydrogen (secondary N) is 1. The molecule has 1 saturated carbocycles. The first-order valence-corrected chi connectivity index (χ1v) is 13.0. The van der Waals surface area contributed by atoms with Gasteiger partial charge < -0.3 is 30.0 Å². The highest BCUT2D eigenvalue weighted by atomic mass is 16.8. The number of nitrogens with zero attached hydrogens (tertiary/aromatic N) is 4. The van der Waals surface area contributed by atoms with E-state index in [2.05, 4.69) is 21.5 Å². The van der Waals surface area contributed by atoms with Crippen LogP contribution in [0.1, 0.15) is 67.5 Å². The van der Waals surface area contributed by atoms with E-state index in [9.17, 15) is 14.9 Å². The van der Waals surface area contributed by atoms with Gasteiger partial charge >= 0.3 is 12.1 Å². The molecule has 0 aromatic carbocycles. The number of carbonyl (C=O) groups is 2. The van der Waals surface area contributed by atoms with E-state index in [1.54, 1.807) is 51.3 Å². The molecule has 1 amide bonds. The summed E-state index contributed by atoms with van der Waals surface area (Å²) < 4.78 is 25.2. The molecule has 2 fully saturated rings. The molecule has 3 heterocycles. The summed E-state index contributed by atoms with van der Waals surface area (Å²) in [6.45, 7) is 14.2. The van der Waals surface area contributed by atoms with Crippen LogP contribution in [-0.4, -0.2) is 62.9 Å². The molecule has 212 valence electrons. The zero-order valence-corrected chi connectivity index (χ0v) is 23.8. The van der Waals surface area contributed by atoms with Gasteiger partial charge in [-0.15, -0.1) is 0 Å². The molecule has 0 spiro atoms. The van der Waals surface area contributed by atoms with Crippen LogP contribution in [0.25, 0.3) is 5.52 Å². The summed E-state index contributed by atoms with van der Waals surface area (Å²) in [5.41, 5.74) is 4.68. The number of esters is 1. The Kier molecular flexibility index (Phi) is 7.06. The molecule has 2 aromatic rings. The van der Waals surface area contributed by atoms with E-state index < -0.39 is 52.5 Å². The fraction of sp³-hybridized carbons (Fsp3) is 0.667. The minimum atomic E-state index is -1.15. The van der Waals surface area contributed by atoms with Crippen LogP contribution in [0.4, 0.5) is 10.6 Å². The maximum Gasteiger partial charge on any atom is 0.408 e. The minimum absolute atomic E-state index is 0.0358. The quantitative estimate of drug-likeness (QED) is 0.537. The normalized spacial score (nSPS) is 27.0. The van der Waals surface area contributed by atoms with Crippen LogP contribution in [0.15, 0.2) is 18.5 Å². The SMILES string of the molecule is CC(C)(C)OC(=O)N[C@@H](C(=O)OC[C@H]1C[C@@](C#N)(c2ccc3c(N)ncnn23)[C@@H]2OC(C)(C)O[C@H]12)C(C)(C)C. The lowest BCUT2D eigenvalue weighted by molar-refractivity contribution is -0.166. The molecule has 0 radical (unpaired) electrons.